The van der Waals surface area contributed by atoms with Crippen molar-refractivity contribution in [3.63, 3.8) is 0 Å². The Morgan fingerprint density at radius 3 is 2.79 bits per heavy atom. The number of nitrogens with one attached hydrogen (secondary N) is 1. The van der Waals surface area contributed by atoms with Gasteiger partial charge in [0.15, 0.2) is 18.8 Å². The predicted octanol–water partition coefficient (Wildman–Crippen LogP) is 3.22. The number of aromatic nitrogens is 1. The monoisotopic (exact) mass is 389 g/mol. The Morgan fingerprint density at radius 1 is 1.32 bits per heavy atom. The lowest BCUT2D eigenvalue weighted by molar-refractivity contribution is -0.0737. The van der Waals surface area contributed by atoms with Crippen molar-refractivity contribution in [1.82, 2.24) is 9.88 Å². The molecule has 2 fully saturated rings. The van der Waals surface area contributed by atoms with E-state index in [9.17, 15) is 9.18 Å². The Kier molecular flexibility index (Phi) is 5.87. The van der Waals surface area contributed by atoms with Crippen molar-refractivity contribution < 1.29 is 23.1 Å². The van der Waals surface area contributed by atoms with Crippen LogP contribution in [0.3, 0.4) is 0 Å². The summed E-state index contributed by atoms with van der Waals surface area (Å²) in [4.78, 5) is 18.0. The van der Waals surface area contributed by atoms with Crippen LogP contribution in [0.5, 0.6) is 0 Å². The van der Waals surface area contributed by atoms with Crippen molar-refractivity contribution in [1.29, 1.82) is 0 Å². The molecule has 1 aromatic heterocycles. The van der Waals surface area contributed by atoms with Gasteiger partial charge in [0.1, 0.15) is 5.82 Å². The van der Waals surface area contributed by atoms with E-state index in [0.29, 0.717) is 29.0 Å². The van der Waals surface area contributed by atoms with Gasteiger partial charge in [-0.2, -0.15) is 0 Å². The lowest BCUT2D eigenvalue weighted by atomic mass is 9.89. The first-order valence-electron chi connectivity index (χ1n) is 9.59. The molecule has 150 valence electrons. The van der Waals surface area contributed by atoms with Crippen LogP contribution in [0.4, 0.5) is 14.9 Å². The van der Waals surface area contributed by atoms with Crippen molar-refractivity contribution in [2.24, 2.45) is 5.92 Å². The van der Waals surface area contributed by atoms with Crippen LogP contribution in [0.1, 0.15) is 24.2 Å². The van der Waals surface area contributed by atoms with Crippen LogP contribution >= 0.6 is 0 Å². The molecule has 2 saturated heterocycles. The number of halogens is 1. The van der Waals surface area contributed by atoms with Gasteiger partial charge in [0.05, 0.1) is 25.5 Å². The predicted molar refractivity (Wildman–Crippen MR) is 99.3 cm³/mol. The fraction of sp³-hybridized carbons (Fsp3) is 0.500. The van der Waals surface area contributed by atoms with E-state index >= 15 is 0 Å². The highest BCUT2D eigenvalue weighted by Gasteiger charge is 2.29. The number of hydrogen-bond donors (Lipinski definition) is 1. The van der Waals surface area contributed by atoms with Crippen LogP contribution in [0.15, 0.2) is 35.2 Å². The van der Waals surface area contributed by atoms with Crippen molar-refractivity contribution >= 4 is 11.8 Å². The fourth-order valence-corrected chi connectivity index (χ4v) is 3.66. The summed E-state index contributed by atoms with van der Waals surface area (Å²) in [5, 5.41) is 2.53. The average molecular weight is 389 g/mol. The van der Waals surface area contributed by atoms with E-state index in [1.54, 1.807) is 12.1 Å². The van der Waals surface area contributed by atoms with Gasteiger partial charge in [0.25, 0.3) is 0 Å². The van der Waals surface area contributed by atoms with Gasteiger partial charge >= 0.3 is 6.09 Å². The second kappa shape index (κ2) is 8.70. The van der Waals surface area contributed by atoms with Crippen molar-refractivity contribution in [2.75, 3.05) is 31.6 Å². The molecule has 0 unspecified atom stereocenters. The van der Waals surface area contributed by atoms with E-state index < -0.39 is 6.09 Å². The number of rotatable bonds is 6. The summed E-state index contributed by atoms with van der Waals surface area (Å²) < 4.78 is 29.7. The van der Waals surface area contributed by atoms with Crippen LogP contribution in [-0.2, 0) is 22.5 Å². The van der Waals surface area contributed by atoms with Gasteiger partial charge in [0.2, 0.25) is 0 Å². The van der Waals surface area contributed by atoms with Crippen LogP contribution in [0.25, 0.3) is 0 Å². The molecule has 2 aromatic rings. The second-order valence-electron chi connectivity index (χ2n) is 7.35. The molecule has 7 nitrogen and oxygen atoms in total. The normalized spacial score (nSPS) is 18.6. The van der Waals surface area contributed by atoms with E-state index in [1.807, 2.05) is 0 Å². The number of amides is 1. The van der Waals surface area contributed by atoms with E-state index in [1.165, 1.54) is 18.7 Å². The average Bonchev–Trinajstić information content (AvgIpc) is 3.16. The molecule has 28 heavy (non-hydrogen) atoms. The first kappa shape index (κ1) is 18.9. The Morgan fingerprint density at radius 2 is 2.14 bits per heavy atom. The number of carbonyl (C=O) groups excluding carboxylic acids is 1. The van der Waals surface area contributed by atoms with Crippen molar-refractivity contribution in [2.45, 2.75) is 31.9 Å². The summed E-state index contributed by atoms with van der Waals surface area (Å²) in [6, 6.07) is 5.36. The molecule has 1 aromatic carbocycles. The summed E-state index contributed by atoms with van der Waals surface area (Å²) in [5.41, 5.74) is 1.05. The van der Waals surface area contributed by atoms with E-state index in [0.717, 1.165) is 45.6 Å². The van der Waals surface area contributed by atoms with Gasteiger partial charge < -0.3 is 13.9 Å². The maximum absolute atomic E-state index is 14.5. The standard InChI is InChI=1S/C20H24FN3O4/c21-19-8-16(23-20(25)27-12-18-9-22-13-28-18)2-1-15(19)7-14-3-5-24(6-4-14)17-10-26-11-17/h1-2,8-9,13-14,17H,3-7,10-12H2,(H,23,25). The number of likely N-dealkylation sites (tertiary alicyclic amines) is 1. The highest BCUT2D eigenvalue weighted by Crippen LogP contribution is 2.26. The highest BCUT2D eigenvalue weighted by molar-refractivity contribution is 5.84. The summed E-state index contributed by atoms with van der Waals surface area (Å²) in [7, 11) is 0. The van der Waals surface area contributed by atoms with Gasteiger partial charge in [-0.1, -0.05) is 6.07 Å². The number of anilines is 1. The molecule has 0 aliphatic carbocycles. The molecule has 0 bridgehead atoms. The highest BCUT2D eigenvalue weighted by atomic mass is 19.1. The number of piperidine rings is 1. The molecule has 2 aliphatic rings. The number of nitrogens with zero attached hydrogens (tertiary/aromatic N) is 2. The van der Waals surface area contributed by atoms with Crippen LogP contribution in [0.2, 0.25) is 0 Å². The smallest absolute Gasteiger partial charge is 0.412 e. The number of benzene rings is 1. The molecule has 0 spiro atoms. The Bertz CT molecular complexity index is 787. The zero-order valence-electron chi connectivity index (χ0n) is 15.6. The number of carbonyl (C=O) groups is 1. The van der Waals surface area contributed by atoms with Gasteiger partial charge in [-0.05, 0) is 56.0 Å². The zero-order valence-corrected chi connectivity index (χ0v) is 15.6. The third-order valence-electron chi connectivity index (χ3n) is 5.42. The molecule has 1 N–H and O–H groups in total. The molecule has 3 heterocycles. The number of oxazole rings is 1. The zero-order chi connectivity index (χ0) is 19.3. The third kappa shape index (κ3) is 4.69. The Balaban J connectivity index is 1.25. The Labute approximate surface area is 162 Å². The van der Waals surface area contributed by atoms with Gasteiger partial charge in [-0.15, -0.1) is 0 Å². The van der Waals surface area contributed by atoms with E-state index in [2.05, 4.69) is 15.2 Å². The summed E-state index contributed by atoms with van der Waals surface area (Å²) >= 11 is 0. The van der Waals surface area contributed by atoms with Crippen LogP contribution in [-0.4, -0.2) is 48.3 Å². The van der Waals surface area contributed by atoms with Crippen molar-refractivity contribution in [3.05, 3.63) is 47.9 Å². The van der Waals surface area contributed by atoms with Crippen LogP contribution < -0.4 is 5.32 Å². The maximum Gasteiger partial charge on any atom is 0.412 e. The fourth-order valence-electron chi connectivity index (χ4n) is 3.66. The van der Waals surface area contributed by atoms with Gasteiger partial charge in [-0.3, -0.25) is 10.2 Å². The number of ether oxygens (including phenoxy) is 2. The van der Waals surface area contributed by atoms with Crippen molar-refractivity contribution in [3.8, 4) is 0 Å². The molecule has 4 rings (SSSR count). The molecule has 0 saturated carbocycles. The molecular formula is C20H24FN3O4. The summed E-state index contributed by atoms with van der Waals surface area (Å²) in [6.07, 6.45) is 4.92. The minimum absolute atomic E-state index is 0.0297. The topological polar surface area (TPSA) is 76.8 Å². The molecule has 2 aliphatic heterocycles. The SMILES string of the molecule is O=C(Nc1ccc(CC2CCN(C3COC3)CC2)c(F)c1)OCc1cnco1. The molecule has 8 heteroatoms. The second-order valence-corrected chi connectivity index (χ2v) is 7.35. The molecule has 0 atom stereocenters. The number of hydrogen-bond acceptors (Lipinski definition) is 6. The molecular weight excluding hydrogens is 365 g/mol. The quantitative estimate of drug-likeness (QED) is 0.818. The minimum atomic E-state index is -0.670. The van der Waals surface area contributed by atoms with Crippen LogP contribution in [0, 0.1) is 11.7 Å². The largest absolute Gasteiger partial charge is 0.445 e. The molecule has 0 radical (unpaired) electrons. The first-order valence-corrected chi connectivity index (χ1v) is 9.59. The maximum atomic E-state index is 14.5. The minimum Gasteiger partial charge on any atom is -0.445 e. The summed E-state index contributed by atoms with van der Waals surface area (Å²) in [6.45, 7) is 3.76. The van der Waals surface area contributed by atoms with Gasteiger partial charge in [0, 0.05) is 5.69 Å². The lowest BCUT2D eigenvalue weighted by Crippen LogP contribution is -2.51. The third-order valence-corrected chi connectivity index (χ3v) is 5.42. The van der Waals surface area contributed by atoms with E-state index in [4.69, 9.17) is 13.9 Å². The van der Waals surface area contributed by atoms with E-state index in [-0.39, 0.29) is 12.4 Å². The van der Waals surface area contributed by atoms with Gasteiger partial charge in [-0.25, -0.2) is 14.2 Å². The Hall–Kier alpha value is -2.45. The summed E-state index contributed by atoms with van der Waals surface area (Å²) in [5.74, 6) is 0.618. The molecule has 1 amide bonds. The first-order chi connectivity index (χ1) is 13.7. The lowest BCUT2D eigenvalue weighted by Gasteiger charge is -2.41.